The van der Waals surface area contributed by atoms with Crippen LogP contribution in [0.1, 0.15) is 40.0 Å². The second kappa shape index (κ2) is 7.16. The maximum Gasteiger partial charge on any atom is 0.261 e. The third-order valence-electron chi connectivity index (χ3n) is 4.53. The van der Waals surface area contributed by atoms with Crippen molar-refractivity contribution in [3.8, 4) is 0 Å². The second-order valence-electron chi connectivity index (χ2n) is 6.15. The Morgan fingerprint density at radius 3 is 2.50 bits per heavy atom. The SMILES string of the molecule is O=C(Nc1nnc(SCCN2C(=O)c3ccccc3C2=O)s1)C1CCC1. The second-order valence-corrected chi connectivity index (χ2v) is 8.47. The van der Waals surface area contributed by atoms with Gasteiger partial charge in [0, 0.05) is 18.2 Å². The van der Waals surface area contributed by atoms with Gasteiger partial charge in [0.15, 0.2) is 4.34 Å². The summed E-state index contributed by atoms with van der Waals surface area (Å²) in [5.41, 5.74) is 0.916. The molecule has 134 valence electrons. The predicted molar refractivity (Wildman–Crippen MR) is 98.4 cm³/mol. The average molecular weight is 388 g/mol. The van der Waals surface area contributed by atoms with Crippen LogP contribution in [-0.4, -0.2) is 45.1 Å². The minimum absolute atomic E-state index is 0.00924. The summed E-state index contributed by atoms with van der Waals surface area (Å²) in [4.78, 5) is 37.8. The lowest BCUT2D eigenvalue weighted by molar-refractivity contribution is -0.122. The molecule has 0 radical (unpaired) electrons. The Hall–Kier alpha value is -2.26. The van der Waals surface area contributed by atoms with Crippen LogP contribution in [0.25, 0.3) is 0 Å². The van der Waals surface area contributed by atoms with E-state index >= 15 is 0 Å². The molecule has 3 amide bonds. The number of anilines is 1. The van der Waals surface area contributed by atoms with E-state index in [1.807, 2.05) is 0 Å². The van der Waals surface area contributed by atoms with E-state index in [0.717, 1.165) is 19.3 Å². The van der Waals surface area contributed by atoms with Crippen molar-refractivity contribution in [2.75, 3.05) is 17.6 Å². The van der Waals surface area contributed by atoms with Gasteiger partial charge >= 0.3 is 0 Å². The first kappa shape index (κ1) is 17.2. The first-order chi connectivity index (χ1) is 12.6. The van der Waals surface area contributed by atoms with Crippen molar-refractivity contribution < 1.29 is 14.4 Å². The van der Waals surface area contributed by atoms with Crippen LogP contribution < -0.4 is 5.32 Å². The normalized spacial score (nSPS) is 16.5. The van der Waals surface area contributed by atoms with E-state index in [1.54, 1.807) is 24.3 Å². The monoisotopic (exact) mass is 388 g/mol. The third kappa shape index (κ3) is 3.24. The molecule has 0 saturated heterocycles. The summed E-state index contributed by atoms with van der Waals surface area (Å²) in [5.74, 6) is 0.129. The molecule has 1 fully saturated rings. The van der Waals surface area contributed by atoms with E-state index in [1.165, 1.54) is 28.0 Å². The molecular weight excluding hydrogens is 372 g/mol. The maximum atomic E-state index is 12.3. The highest BCUT2D eigenvalue weighted by Crippen LogP contribution is 2.30. The molecule has 2 heterocycles. The van der Waals surface area contributed by atoms with E-state index < -0.39 is 0 Å². The molecule has 0 bridgehead atoms. The average Bonchev–Trinajstić information content (AvgIpc) is 3.12. The van der Waals surface area contributed by atoms with Crippen LogP contribution in [0.15, 0.2) is 28.6 Å². The summed E-state index contributed by atoms with van der Waals surface area (Å²) >= 11 is 2.72. The molecule has 0 spiro atoms. The van der Waals surface area contributed by atoms with Gasteiger partial charge in [-0.1, -0.05) is 41.7 Å². The van der Waals surface area contributed by atoms with E-state index in [-0.39, 0.29) is 23.6 Å². The van der Waals surface area contributed by atoms with Gasteiger partial charge in [0.05, 0.1) is 11.1 Å². The number of benzene rings is 1. The number of imide groups is 1. The van der Waals surface area contributed by atoms with Gasteiger partial charge in [-0.05, 0) is 25.0 Å². The molecule has 1 aromatic carbocycles. The number of fused-ring (bicyclic) bond motifs is 1. The van der Waals surface area contributed by atoms with Crippen molar-refractivity contribution in [2.45, 2.75) is 23.6 Å². The number of hydrogen-bond acceptors (Lipinski definition) is 7. The molecule has 1 saturated carbocycles. The summed E-state index contributed by atoms with van der Waals surface area (Å²) in [6.07, 6.45) is 2.98. The Labute approximate surface area is 158 Å². The molecule has 1 N–H and O–H groups in total. The van der Waals surface area contributed by atoms with Gasteiger partial charge < -0.3 is 5.32 Å². The van der Waals surface area contributed by atoms with Gasteiger partial charge in [0.2, 0.25) is 11.0 Å². The molecule has 1 aliphatic heterocycles. The van der Waals surface area contributed by atoms with Crippen LogP contribution in [0.5, 0.6) is 0 Å². The fraction of sp³-hybridized carbons (Fsp3) is 0.353. The molecular formula is C17H16N4O3S2. The van der Waals surface area contributed by atoms with E-state index in [2.05, 4.69) is 15.5 Å². The number of hydrogen-bond donors (Lipinski definition) is 1. The molecule has 0 atom stereocenters. The summed E-state index contributed by atoms with van der Waals surface area (Å²) in [5, 5.41) is 11.3. The van der Waals surface area contributed by atoms with Gasteiger partial charge in [0.1, 0.15) is 0 Å². The summed E-state index contributed by atoms with van der Waals surface area (Å²) in [6, 6.07) is 6.85. The Morgan fingerprint density at radius 1 is 1.19 bits per heavy atom. The molecule has 26 heavy (non-hydrogen) atoms. The highest BCUT2D eigenvalue weighted by atomic mass is 32.2. The van der Waals surface area contributed by atoms with Crippen molar-refractivity contribution in [1.82, 2.24) is 15.1 Å². The van der Waals surface area contributed by atoms with E-state index in [0.29, 0.717) is 32.9 Å². The molecule has 2 aliphatic rings. The number of nitrogens with zero attached hydrogens (tertiary/aromatic N) is 3. The Kier molecular flexibility index (Phi) is 4.73. The fourth-order valence-corrected chi connectivity index (χ4v) is 4.61. The predicted octanol–water partition coefficient (Wildman–Crippen LogP) is 2.67. The van der Waals surface area contributed by atoms with Crippen molar-refractivity contribution in [3.05, 3.63) is 35.4 Å². The van der Waals surface area contributed by atoms with Crippen LogP contribution in [0.4, 0.5) is 5.13 Å². The van der Waals surface area contributed by atoms with Crippen LogP contribution in [0.3, 0.4) is 0 Å². The number of thioether (sulfide) groups is 1. The minimum Gasteiger partial charge on any atom is -0.300 e. The number of aromatic nitrogens is 2. The number of amides is 3. The van der Waals surface area contributed by atoms with Crippen LogP contribution in [0, 0.1) is 5.92 Å². The highest BCUT2D eigenvalue weighted by Gasteiger charge is 2.34. The zero-order chi connectivity index (χ0) is 18.1. The molecule has 2 aromatic rings. The smallest absolute Gasteiger partial charge is 0.261 e. The quantitative estimate of drug-likeness (QED) is 0.465. The zero-order valence-electron chi connectivity index (χ0n) is 13.8. The Morgan fingerprint density at radius 2 is 1.88 bits per heavy atom. The molecule has 9 heteroatoms. The van der Waals surface area contributed by atoms with Gasteiger partial charge in [-0.25, -0.2) is 0 Å². The van der Waals surface area contributed by atoms with Crippen molar-refractivity contribution in [3.63, 3.8) is 0 Å². The molecule has 1 aromatic heterocycles. The van der Waals surface area contributed by atoms with Gasteiger partial charge in [0.25, 0.3) is 11.8 Å². The lowest BCUT2D eigenvalue weighted by atomic mass is 9.85. The number of carbonyl (C=O) groups is 3. The third-order valence-corrected chi connectivity index (χ3v) is 6.48. The van der Waals surface area contributed by atoms with Gasteiger partial charge in [-0.2, -0.15) is 0 Å². The minimum atomic E-state index is -0.253. The van der Waals surface area contributed by atoms with Crippen molar-refractivity contribution >= 4 is 46.0 Å². The summed E-state index contributed by atoms with van der Waals surface area (Å²) in [6.45, 7) is 0.306. The van der Waals surface area contributed by atoms with Gasteiger partial charge in [-0.3, -0.25) is 19.3 Å². The van der Waals surface area contributed by atoms with Crippen LogP contribution >= 0.6 is 23.1 Å². The first-order valence-corrected chi connectivity index (χ1v) is 10.2. The molecule has 7 nitrogen and oxygen atoms in total. The summed E-state index contributed by atoms with van der Waals surface area (Å²) < 4.78 is 0.700. The first-order valence-electron chi connectivity index (χ1n) is 8.36. The largest absolute Gasteiger partial charge is 0.300 e. The van der Waals surface area contributed by atoms with Crippen LogP contribution in [-0.2, 0) is 4.79 Å². The van der Waals surface area contributed by atoms with Crippen molar-refractivity contribution in [1.29, 1.82) is 0 Å². The lowest BCUT2D eigenvalue weighted by Gasteiger charge is -2.23. The molecule has 4 rings (SSSR count). The number of nitrogens with one attached hydrogen (secondary N) is 1. The Bertz CT molecular complexity index is 843. The molecule has 0 unspecified atom stereocenters. The summed E-state index contributed by atoms with van der Waals surface area (Å²) in [7, 11) is 0. The van der Waals surface area contributed by atoms with Crippen molar-refractivity contribution in [2.24, 2.45) is 5.92 Å². The Balaban J connectivity index is 1.30. The highest BCUT2D eigenvalue weighted by molar-refractivity contribution is 8.01. The fourth-order valence-electron chi connectivity index (χ4n) is 2.86. The van der Waals surface area contributed by atoms with E-state index in [4.69, 9.17) is 0 Å². The van der Waals surface area contributed by atoms with E-state index in [9.17, 15) is 14.4 Å². The standard InChI is InChI=1S/C17H16N4O3S2/c22-13(10-4-3-5-10)18-16-19-20-17(26-16)25-9-8-21-14(23)11-6-1-2-7-12(11)15(21)24/h1-2,6-7,10H,3-5,8-9H2,(H,18,19,22). The van der Waals surface area contributed by atoms with Crippen LogP contribution in [0.2, 0.25) is 0 Å². The number of rotatable bonds is 6. The number of carbonyl (C=O) groups excluding carboxylic acids is 3. The van der Waals surface area contributed by atoms with Gasteiger partial charge in [-0.15, -0.1) is 10.2 Å². The zero-order valence-corrected chi connectivity index (χ0v) is 15.4. The lowest BCUT2D eigenvalue weighted by Crippen LogP contribution is -2.31. The molecule has 1 aliphatic carbocycles. The maximum absolute atomic E-state index is 12.3. The topological polar surface area (TPSA) is 92.3 Å².